The molecule has 0 bridgehead atoms. The van der Waals surface area contributed by atoms with Crippen LogP contribution in [0.2, 0.25) is 0 Å². The highest BCUT2D eigenvalue weighted by molar-refractivity contribution is 5.83. The molecule has 4 nitrogen and oxygen atoms in total. The number of amides is 1. The molecule has 1 aliphatic carbocycles. The number of carbonyl (C=O) groups is 1. The molecule has 1 fully saturated rings. The molecule has 1 atom stereocenters. The van der Waals surface area contributed by atoms with Gasteiger partial charge in [-0.15, -0.1) is 0 Å². The first kappa shape index (κ1) is 11.3. The number of imidazole rings is 1. The Morgan fingerprint density at radius 2 is 2.33 bits per heavy atom. The van der Waals surface area contributed by atoms with E-state index >= 15 is 0 Å². The normalized spacial score (nSPS) is 16.9. The average Bonchev–Trinajstić information content (AvgIpc) is 3.04. The van der Waals surface area contributed by atoms with Gasteiger partial charge in [0.05, 0.1) is 17.0 Å². The van der Waals surface area contributed by atoms with Gasteiger partial charge >= 0.3 is 0 Å². The Kier molecular flexibility index (Phi) is 2.58. The molecule has 94 valence electrons. The molecular formula is C14H17N3O. The van der Waals surface area contributed by atoms with Crippen LogP contribution in [0.3, 0.4) is 0 Å². The summed E-state index contributed by atoms with van der Waals surface area (Å²) in [6.07, 6.45) is 3.25. The molecule has 0 radical (unpaired) electrons. The fourth-order valence-corrected chi connectivity index (χ4v) is 2.36. The van der Waals surface area contributed by atoms with E-state index in [0.717, 1.165) is 23.3 Å². The van der Waals surface area contributed by atoms with Crippen LogP contribution in [0.15, 0.2) is 18.2 Å². The zero-order valence-electron chi connectivity index (χ0n) is 10.4. The van der Waals surface area contributed by atoms with Crippen molar-refractivity contribution in [2.75, 3.05) is 0 Å². The minimum Gasteiger partial charge on any atom is -0.369 e. The highest BCUT2D eigenvalue weighted by Crippen LogP contribution is 2.38. The van der Waals surface area contributed by atoms with Crippen molar-refractivity contribution in [1.29, 1.82) is 0 Å². The highest BCUT2D eigenvalue weighted by atomic mass is 16.1. The van der Waals surface area contributed by atoms with E-state index in [0.29, 0.717) is 5.92 Å². The lowest BCUT2D eigenvalue weighted by atomic mass is 10.0. The van der Waals surface area contributed by atoms with Crippen molar-refractivity contribution in [2.24, 2.45) is 11.7 Å². The molecule has 0 saturated heterocycles. The number of aromatic nitrogens is 2. The molecule has 3 N–H and O–H groups in total. The number of hydrogen-bond donors (Lipinski definition) is 2. The number of H-pyrrole nitrogens is 1. The Hall–Kier alpha value is -1.84. The summed E-state index contributed by atoms with van der Waals surface area (Å²) in [6.45, 7) is 2.04. The minimum atomic E-state index is -0.280. The van der Waals surface area contributed by atoms with Gasteiger partial charge in [-0.05, 0) is 37.0 Å². The maximum atomic E-state index is 11.6. The predicted octanol–water partition coefficient (Wildman–Crippen LogP) is 2.24. The van der Waals surface area contributed by atoms with Gasteiger partial charge in [0.2, 0.25) is 5.91 Å². The van der Waals surface area contributed by atoms with Gasteiger partial charge in [-0.3, -0.25) is 4.79 Å². The van der Waals surface area contributed by atoms with Gasteiger partial charge in [-0.2, -0.15) is 0 Å². The molecule has 2 aromatic rings. The maximum absolute atomic E-state index is 11.6. The van der Waals surface area contributed by atoms with E-state index in [4.69, 9.17) is 5.73 Å². The molecule has 3 rings (SSSR count). The summed E-state index contributed by atoms with van der Waals surface area (Å²) in [5, 5.41) is 0. The SMILES string of the molecule is Cc1ccc2nc(C(CC3CC3)C(N)=O)[nH]c2c1. The van der Waals surface area contributed by atoms with Crippen LogP contribution in [-0.4, -0.2) is 15.9 Å². The largest absolute Gasteiger partial charge is 0.369 e. The van der Waals surface area contributed by atoms with Crippen LogP contribution in [0, 0.1) is 12.8 Å². The van der Waals surface area contributed by atoms with E-state index in [2.05, 4.69) is 9.97 Å². The third-order valence-electron chi connectivity index (χ3n) is 3.60. The number of hydrogen-bond acceptors (Lipinski definition) is 2. The van der Waals surface area contributed by atoms with Crippen molar-refractivity contribution < 1.29 is 4.79 Å². The van der Waals surface area contributed by atoms with E-state index in [1.165, 1.54) is 18.4 Å². The Morgan fingerprint density at radius 3 is 3.00 bits per heavy atom. The lowest BCUT2D eigenvalue weighted by Gasteiger charge is -2.09. The fourth-order valence-electron chi connectivity index (χ4n) is 2.36. The van der Waals surface area contributed by atoms with E-state index in [-0.39, 0.29) is 11.8 Å². The summed E-state index contributed by atoms with van der Waals surface area (Å²) in [5.41, 5.74) is 8.55. The second-order valence-corrected chi connectivity index (χ2v) is 5.28. The fraction of sp³-hybridized carbons (Fsp3) is 0.429. The van der Waals surface area contributed by atoms with Crippen molar-refractivity contribution in [3.8, 4) is 0 Å². The molecular weight excluding hydrogens is 226 g/mol. The van der Waals surface area contributed by atoms with Gasteiger partial charge < -0.3 is 10.7 Å². The number of fused-ring (bicyclic) bond motifs is 1. The third kappa shape index (κ3) is 2.10. The molecule has 1 aromatic carbocycles. The second-order valence-electron chi connectivity index (χ2n) is 5.28. The van der Waals surface area contributed by atoms with Gasteiger partial charge in [-0.25, -0.2) is 4.98 Å². The number of benzene rings is 1. The van der Waals surface area contributed by atoms with E-state index < -0.39 is 0 Å². The third-order valence-corrected chi connectivity index (χ3v) is 3.60. The van der Waals surface area contributed by atoms with Gasteiger partial charge in [0.15, 0.2) is 0 Å². The number of nitrogens with two attached hydrogens (primary N) is 1. The van der Waals surface area contributed by atoms with Crippen molar-refractivity contribution in [3.63, 3.8) is 0 Å². The Labute approximate surface area is 106 Å². The maximum Gasteiger partial charge on any atom is 0.228 e. The quantitative estimate of drug-likeness (QED) is 0.864. The summed E-state index contributed by atoms with van der Waals surface area (Å²) in [7, 11) is 0. The zero-order chi connectivity index (χ0) is 12.7. The number of aryl methyl sites for hydroxylation is 1. The molecule has 18 heavy (non-hydrogen) atoms. The van der Waals surface area contributed by atoms with Gasteiger partial charge in [0.25, 0.3) is 0 Å². The molecule has 1 heterocycles. The smallest absolute Gasteiger partial charge is 0.228 e. The second kappa shape index (κ2) is 4.12. The summed E-state index contributed by atoms with van der Waals surface area (Å²) < 4.78 is 0. The monoisotopic (exact) mass is 243 g/mol. The van der Waals surface area contributed by atoms with Crippen molar-refractivity contribution in [2.45, 2.75) is 32.1 Å². The van der Waals surface area contributed by atoms with Crippen molar-refractivity contribution in [3.05, 3.63) is 29.6 Å². The molecule has 1 saturated carbocycles. The Morgan fingerprint density at radius 1 is 1.56 bits per heavy atom. The summed E-state index contributed by atoms with van der Waals surface area (Å²) in [6, 6.07) is 6.04. The molecule has 1 amide bonds. The van der Waals surface area contributed by atoms with Crippen LogP contribution in [0.25, 0.3) is 11.0 Å². The van der Waals surface area contributed by atoms with Crippen LogP contribution in [-0.2, 0) is 4.79 Å². The average molecular weight is 243 g/mol. The van der Waals surface area contributed by atoms with Gasteiger partial charge in [-0.1, -0.05) is 18.9 Å². The zero-order valence-corrected chi connectivity index (χ0v) is 10.4. The first-order valence-electron chi connectivity index (χ1n) is 6.39. The minimum absolute atomic E-state index is 0.273. The highest BCUT2D eigenvalue weighted by Gasteiger charge is 2.31. The van der Waals surface area contributed by atoms with Crippen LogP contribution in [0.4, 0.5) is 0 Å². The topological polar surface area (TPSA) is 71.8 Å². The Balaban J connectivity index is 1.97. The van der Waals surface area contributed by atoms with Crippen LogP contribution >= 0.6 is 0 Å². The number of aromatic amines is 1. The molecule has 1 aliphatic rings. The van der Waals surface area contributed by atoms with Crippen LogP contribution in [0.5, 0.6) is 0 Å². The molecule has 1 aromatic heterocycles. The molecule has 0 spiro atoms. The van der Waals surface area contributed by atoms with Crippen LogP contribution < -0.4 is 5.73 Å². The summed E-state index contributed by atoms with van der Waals surface area (Å²) in [5.74, 6) is 0.815. The lowest BCUT2D eigenvalue weighted by Crippen LogP contribution is -2.22. The molecule has 1 unspecified atom stereocenters. The standard InChI is InChI=1S/C14H17N3O/c1-8-2-5-11-12(6-8)17-14(16-11)10(13(15)18)7-9-3-4-9/h2,5-6,9-10H,3-4,7H2,1H3,(H2,15,18)(H,16,17). The molecule has 0 aliphatic heterocycles. The first-order valence-corrected chi connectivity index (χ1v) is 6.39. The number of primary amides is 1. The van der Waals surface area contributed by atoms with Crippen molar-refractivity contribution >= 4 is 16.9 Å². The van der Waals surface area contributed by atoms with E-state index in [1.54, 1.807) is 0 Å². The number of carbonyl (C=O) groups excluding carboxylic acids is 1. The van der Waals surface area contributed by atoms with E-state index in [9.17, 15) is 4.79 Å². The first-order chi connectivity index (χ1) is 8.63. The number of rotatable bonds is 4. The summed E-state index contributed by atoms with van der Waals surface area (Å²) >= 11 is 0. The number of nitrogens with zero attached hydrogens (tertiary/aromatic N) is 1. The van der Waals surface area contributed by atoms with Crippen LogP contribution in [0.1, 0.15) is 36.6 Å². The van der Waals surface area contributed by atoms with Gasteiger partial charge in [0, 0.05) is 0 Å². The predicted molar refractivity (Wildman–Crippen MR) is 70.1 cm³/mol. The van der Waals surface area contributed by atoms with Crippen molar-refractivity contribution in [1.82, 2.24) is 9.97 Å². The van der Waals surface area contributed by atoms with E-state index in [1.807, 2.05) is 25.1 Å². The lowest BCUT2D eigenvalue weighted by molar-refractivity contribution is -0.119. The van der Waals surface area contributed by atoms with Gasteiger partial charge in [0.1, 0.15) is 5.82 Å². The molecule has 4 heteroatoms. The Bertz CT molecular complexity index is 598. The summed E-state index contributed by atoms with van der Waals surface area (Å²) in [4.78, 5) is 19.3. The number of nitrogens with one attached hydrogen (secondary N) is 1.